The first-order valence-electron chi connectivity index (χ1n) is 7.83. The van der Waals surface area contributed by atoms with Gasteiger partial charge in [0, 0.05) is 18.7 Å². The van der Waals surface area contributed by atoms with Gasteiger partial charge in [0.05, 0.1) is 13.7 Å². The SMILES string of the molecule is COc1ccc(-c2nnc(CN3C[C@H](C)C[C@@H](C)C3)o2)cc1. The third-order valence-corrected chi connectivity index (χ3v) is 4.11. The lowest BCUT2D eigenvalue weighted by Crippen LogP contribution is -2.38. The molecule has 0 bridgehead atoms. The Bertz CT molecular complexity index is 599. The van der Waals surface area contributed by atoms with Crippen LogP contribution in [0.15, 0.2) is 28.7 Å². The molecule has 3 rings (SSSR count). The van der Waals surface area contributed by atoms with E-state index >= 15 is 0 Å². The van der Waals surface area contributed by atoms with E-state index in [1.165, 1.54) is 6.42 Å². The van der Waals surface area contributed by atoms with Crippen LogP contribution in [0, 0.1) is 11.8 Å². The van der Waals surface area contributed by atoms with Gasteiger partial charge in [-0.2, -0.15) is 0 Å². The largest absolute Gasteiger partial charge is 0.497 e. The molecule has 0 spiro atoms. The van der Waals surface area contributed by atoms with E-state index in [0.29, 0.717) is 11.8 Å². The summed E-state index contributed by atoms with van der Waals surface area (Å²) < 4.78 is 11.0. The fraction of sp³-hybridized carbons (Fsp3) is 0.529. The van der Waals surface area contributed by atoms with Crippen LogP contribution in [0.5, 0.6) is 5.75 Å². The van der Waals surface area contributed by atoms with E-state index in [0.717, 1.165) is 42.8 Å². The standard InChI is InChI=1S/C17H23N3O2/c1-12-8-13(2)10-20(9-12)11-16-18-19-17(22-16)14-4-6-15(21-3)7-5-14/h4-7,12-13H,8-11H2,1-3H3/t12-,13-/m1/s1. The second kappa shape index (κ2) is 6.48. The highest BCUT2D eigenvalue weighted by Gasteiger charge is 2.23. The highest BCUT2D eigenvalue weighted by molar-refractivity contribution is 5.53. The third-order valence-electron chi connectivity index (χ3n) is 4.11. The summed E-state index contributed by atoms with van der Waals surface area (Å²) >= 11 is 0. The minimum Gasteiger partial charge on any atom is -0.497 e. The molecule has 2 heterocycles. The number of aromatic nitrogens is 2. The molecular weight excluding hydrogens is 278 g/mol. The number of benzene rings is 1. The highest BCUT2D eigenvalue weighted by Crippen LogP contribution is 2.24. The average Bonchev–Trinajstić information content (AvgIpc) is 2.95. The van der Waals surface area contributed by atoms with E-state index in [2.05, 4.69) is 28.9 Å². The maximum absolute atomic E-state index is 5.81. The number of methoxy groups -OCH3 is 1. The van der Waals surface area contributed by atoms with Gasteiger partial charge in [-0.3, -0.25) is 4.90 Å². The topological polar surface area (TPSA) is 51.4 Å². The van der Waals surface area contributed by atoms with E-state index < -0.39 is 0 Å². The molecule has 1 aliphatic rings. The Labute approximate surface area is 131 Å². The molecule has 1 aliphatic heterocycles. The Balaban J connectivity index is 1.68. The van der Waals surface area contributed by atoms with Crippen LogP contribution in [0.4, 0.5) is 0 Å². The lowest BCUT2D eigenvalue weighted by molar-refractivity contribution is 0.124. The summed E-state index contributed by atoms with van der Waals surface area (Å²) in [7, 11) is 1.65. The molecule has 0 radical (unpaired) electrons. The first-order chi connectivity index (χ1) is 10.6. The molecule has 2 atom stereocenters. The van der Waals surface area contributed by atoms with Gasteiger partial charge in [-0.1, -0.05) is 13.8 Å². The van der Waals surface area contributed by atoms with Crippen molar-refractivity contribution in [2.24, 2.45) is 11.8 Å². The molecule has 1 saturated heterocycles. The molecule has 0 N–H and O–H groups in total. The van der Waals surface area contributed by atoms with E-state index in [-0.39, 0.29) is 0 Å². The fourth-order valence-electron chi connectivity index (χ4n) is 3.28. The Morgan fingerprint density at radius 1 is 1.14 bits per heavy atom. The van der Waals surface area contributed by atoms with Gasteiger partial charge in [-0.15, -0.1) is 10.2 Å². The lowest BCUT2D eigenvalue weighted by Gasteiger charge is -2.33. The molecule has 0 amide bonds. The van der Waals surface area contributed by atoms with Crippen molar-refractivity contribution in [3.8, 4) is 17.2 Å². The smallest absolute Gasteiger partial charge is 0.247 e. The average molecular weight is 301 g/mol. The number of likely N-dealkylation sites (tertiary alicyclic amines) is 1. The van der Waals surface area contributed by atoms with Crippen LogP contribution in [0.3, 0.4) is 0 Å². The van der Waals surface area contributed by atoms with Gasteiger partial charge < -0.3 is 9.15 Å². The van der Waals surface area contributed by atoms with Crippen LogP contribution in [0.2, 0.25) is 0 Å². The van der Waals surface area contributed by atoms with Crippen LogP contribution in [-0.4, -0.2) is 35.3 Å². The molecule has 5 heteroatoms. The molecule has 0 saturated carbocycles. The van der Waals surface area contributed by atoms with Crippen molar-refractivity contribution < 1.29 is 9.15 Å². The zero-order valence-electron chi connectivity index (χ0n) is 13.5. The molecule has 5 nitrogen and oxygen atoms in total. The minimum atomic E-state index is 0.566. The molecule has 22 heavy (non-hydrogen) atoms. The van der Waals surface area contributed by atoms with E-state index in [1.54, 1.807) is 7.11 Å². The van der Waals surface area contributed by atoms with Crippen molar-refractivity contribution in [1.29, 1.82) is 0 Å². The molecular formula is C17H23N3O2. The van der Waals surface area contributed by atoms with Gasteiger partial charge in [0.1, 0.15) is 5.75 Å². The predicted octanol–water partition coefficient (Wildman–Crippen LogP) is 3.22. The van der Waals surface area contributed by atoms with Gasteiger partial charge in [0.25, 0.3) is 0 Å². The van der Waals surface area contributed by atoms with Crippen LogP contribution < -0.4 is 4.74 Å². The van der Waals surface area contributed by atoms with E-state index in [9.17, 15) is 0 Å². The maximum atomic E-state index is 5.81. The maximum Gasteiger partial charge on any atom is 0.247 e. The van der Waals surface area contributed by atoms with Crippen LogP contribution in [-0.2, 0) is 6.54 Å². The van der Waals surface area contributed by atoms with Crippen molar-refractivity contribution in [1.82, 2.24) is 15.1 Å². The number of hydrogen-bond donors (Lipinski definition) is 0. The van der Waals surface area contributed by atoms with Crippen LogP contribution in [0.25, 0.3) is 11.5 Å². The summed E-state index contributed by atoms with van der Waals surface area (Å²) in [5.74, 6) is 3.53. The summed E-state index contributed by atoms with van der Waals surface area (Å²) in [4.78, 5) is 2.41. The summed E-state index contributed by atoms with van der Waals surface area (Å²) in [6.45, 7) is 7.55. The Morgan fingerprint density at radius 2 is 1.82 bits per heavy atom. The number of piperidine rings is 1. The zero-order valence-corrected chi connectivity index (χ0v) is 13.5. The first-order valence-corrected chi connectivity index (χ1v) is 7.83. The Hall–Kier alpha value is -1.88. The van der Waals surface area contributed by atoms with Gasteiger partial charge in [-0.25, -0.2) is 0 Å². The van der Waals surface area contributed by atoms with Gasteiger partial charge in [0.2, 0.25) is 11.8 Å². The summed E-state index contributed by atoms with van der Waals surface area (Å²) in [5, 5.41) is 8.35. The first kappa shape index (κ1) is 15.0. The zero-order chi connectivity index (χ0) is 15.5. The molecule has 1 fully saturated rings. The highest BCUT2D eigenvalue weighted by atomic mass is 16.5. The summed E-state index contributed by atoms with van der Waals surface area (Å²) in [6, 6.07) is 7.66. The number of hydrogen-bond acceptors (Lipinski definition) is 5. The van der Waals surface area contributed by atoms with Crippen molar-refractivity contribution in [3.63, 3.8) is 0 Å². The molecule has 0 aliphatic carbocycles. The van der Waals surface area contributed by atoms with Gasteiger partial charge in [-0.05, 0) is 42.5 Å². The van der Waals surface area contributed by atoms with Crippen LogP contribution in [0.1, 0.15) is 26.2 Å². The fourth-order valence-corrected chi connectivity index (χ4v) is 3.28. The van der Waals surface area contributed by atoms with Crippen molar-refractivity contribution in [2.45, 2.75) is 26.8 Å². The number of rotatable bonds is 4. The van der Waals surface area contributed by atoms with Crippen molar-refractivity contribution in [2.75, 3.05) is 20.2 Å². The Morgan fingerprint density at radius 3 is 2.45 bits per heavy atom. The predicted molar refractivity (Wildman–Crippen MR) is 84.5 cm³/mol. The second-order valence-corrected chi connectivity index (χ2v) is 6.37. The van der Waals surface area contributed by atoms with Gasteiger partial charge in [0.15, 0.2) is 0 Å². The lowest BCUT2D eigenvalue weighted by atomic mass is 9.92. The van der Waals surface area contributed by atoms with Crippen LogP contribution >= 0.6 is 0 Å². The number of nitrogens with zero attached hydrogens (tertiary/aromatic N) is 3. The summed E-state index contributed by atoms with van der Waals surface area (Å²) in [5.41, 5.74) is 0.917. The molecule has 1 aromatic carbocycles. The Kier molecular flexibility index (Phi) is 4.43. The monoisotopic (exact) mass is 301 g/mol. The minimum absolute atomic E-state index is 0.566. The van der Waals surface area contributed by atoms with E-state index in [1.807, 2.05) is 24.3 Å². The molecule has 1 aromatic heterocycles. The molecule has 118 valence electrons. The molecule has 2 aromatic rings. The quantitative estimate of drug-likeness (QED) is 0.868. The third kappa shape index (κ3) is 3.47. The number of ether oxygens (including phenoxy) is 1. The van der Waals surface area contributed by atoms with Crippen molar-refractivity contribution in [3.05, 3.63) is 30.2 Å². The summed E-state index contributed by atoms with van der Waals surface area (Å²) in [6.07, 6.45) is 1.30. The van der Waals surface area contributed by atoms with E-state index in [4.69, 9.17) is 9.15 Å². The second-order valence-electron chi connectivity index (χ2n) is 6.37. The van der Waals surface area contributed by atoms with Crippen molar-refractivity contribution >= 4 is 0 Å². The van der Waals surface area contributed by atoms with Gasteiger partial charge >= 0.3 is 0 Å². The molecule has 0 unspecified atom stereocenters. The normalized spacial score (nSPS) is 22.7.